The Hall–Kier alpha value is -1.46. The lowest BCUT2D eigenvalue weighted by Crippen LogP contribution is -2.52. The van der Waals surface area contributed by atoms with Gasteiger partial charge in [0.25, 0.3) is 10.1 Å². The fourth-order valence-electron chi connectivity index (χ4n) is 9.16. The van der Waals surface area contributed by atoms with Crippen LogP contribution in [-0.2, 0) is 19.1 Å². The number of allylic oxidation sites excluding steroid dienone is 2. The molecular formula is C35H54O4S. The number of Topliss-reactive ketones (excluding diaryl/α,β-unsaturated/α-hetero) is 1. The Kier molecular flexibility index (Phi) is 9.77. The Morgan fingerprint density at radius 3 is 2.35 bits per heavy atom. The van der Waals surface area contributed by atoms with Crippen molar-refractivity contribution in [2.75, 3.05) is 6.61 Å². The third-order valence-corrected chi connectivity index (χ3v) is 13.0. The number of ketones is 1. The first-order chi connectivity index (χ1) is 18.8. The molecule has 0 bridgehead atoms. The standard InChI is InChI=1S/C35H54O4S/c1-8-27(24(2)3)13-12-26(5)30-17-18-31-29-16-19-33(36)35(7,32(29)20-22-34(30,31)6)21-9-23-39-40(37,38)28-14-10-25(4)11-15-28/h10-15,24,26-27,29-32H,8-9,16-23H2,1-7H3/b13-12+/t26-,27?,29+,30-,31+,32+,34-,35-/m1/s1. The van der Waals surface area contributed by atoms with Gasteiger partial charge in [-0.3, -0.25) is 8.98 Å². The zero-order chi connectivity index (χ0) is 29.3. The van der Waals surface area contributed by atoms with E-state index < -0.39 is 10.1 Å². The van der Waals surface area contributed by atoms with Gasteiger partial charge in [0.15, 0.2) is 0 Å². The smallest absolute Gasteiger partial charge is 0.296 e. The lowest BCUT2D eigenvalue weighted by molar-refractivity contribution is -0.146. The van der Waals surface area contributed by atoms with Gasteiger partial charge in [-0.25, -0.2) is 0 Å². The Bertz CT molecular complexity index is 1150. The average molecular weight is 571 g/mol. The summed E-state index contributed by atoms with van der Waals surface area (Å²) in [6, 6.07) is 6.76. The number of hydrogen-bond donors (Lipinski definition) is 0. The molecule has 0 aromatic heterocycles. The first-order valence-electron chi connectivity index (χ1n) is 16.0. The maximum absolute atomic E-state index is 13.4. The quantitative estimate of drug-likeness (QED) is 0.152. The van der Waals surface area contributed by atoms with Crippen molar-refractivity contribution < 1.29 is 17.4 Å². The molecule has 0 radical (unpaired) electrons. The van der Waals surface area contributed by atoms with E-state index in [2.05, 4.69) is 53.7 Å². The molecule has 0 N–H and O–H groups in total. The molecule has 4 nitrogen and oxygen atoms in total. The van der Waals surface area contributed by atoms with Crippen LogP contribution >= 0.6 is 0 Å². The summed E-state index contributed by atoms with van der Waals surface area (Å²) < 4.78 is 30.7. The first-order valence-corrected chi connectivity index (χ1v) is 17.4. The van der Waals surface area contributed by atoms with Crippen molar-refractivity contribution in [3.63, 3.8) is 0 Å². The summed E-state index contributed by atoms with van der Waals surface area (Å²) in [5.74, 6) is 4.70. The average Bonchev–Trinajstić information content (AvgIpc) is 3.26. The minimum atomic E-state index is -3.78. The normalized spacial score (nSPS) is 34.1. The van der Waals surface area contributed by atoms with Crippen LogP contribution in [0.15, 0.2) is 41.3 Å². The van der Waals surface area contributed by atoms with Crippen LogP contribution in [0, 0.1) is 59.2 Å². The van der Waals surface area contributed by atoms with Gasteiger partial charge in [0.1, 0.15) is 5.78 Å². The van der Waals surface area contributed by atoms with E-state index in [0.717, 1.165) is 18.4 Å². The van der Waals surface area contributed by atoms with Crippen molar-refractivity contribution in [2.24, 2.45) is 52.3 Å². The Balaban J connectivity index is 1.41. The Morgan fingerprint density at radius 2 is 1.70 bits per heavy atom. The SMILES string of the molecule is CCC(/C=C/[C@@H](C)[C@H]1CC[C@H]2[C@@H]3CCC(=O)[C@](C)(CCCOS(=O)(=O)c4ccc(C)cc4)[C@H]3CC[C@]12C)C(C)C. The van der Waals surface area contributed by atoms with Gasteiger partial charge in [-0.05, 0) is 117 Å². The number of benzene rings is 1. The van der Waals surface area contributed by atoms with Gasteiger partial charge >= 0.3 is 0 Å². The summed E-state index contributed by atoms with van der Waals surface area (Å²) in [6.07, 6.45) is 14.1. The molecule has 3 saturated carbocycles. The summed E-state index contributed by atoms with van der Waals surface area (Å²) in [5, 5.41) is 0. The monoisotopic (exact) mass is 570 g/mol. The zero-order valence-electron chi connectivity index (χ0n) is 26.1. The van der Waals surface area contributed by atoms with Crippen LogP contribution in [-0.4, -0.2) is 20.8 Å². The second kappa shape index (κ2) is 12.4. The van der Waals surface area contributed by atoms with Gasteiger partial charge in [-0.1, -0.05) is 71.4 Å². The molecule has 8 atom stereocenters. The summed E-state index contributed by atoms with van der Waals surface area (Å²) in [4.78, 5) is 13.6. The minimum absolute atomic E-state index is 0.124. The molecule has 0 aliphatic heterocycles. The molecule has 3 fully saturated rings. The Labute approximate surface area is 244 Å². The summed E-state index contributed by atoms with van der Waals surface area (Å²) in [7, 11) is -3.78. The van der Waals surface area contributed by atoms with E-state index in [9.17, 15) is 13.2 Å². The fraction of sp³-hybridized carbons (Fsp3) is 0.743. The molecule has 40 heavy (non-hydrogen) atoms. The predicted molar refractivity (Wildman–Crippen MR) is 163 cm³/mol. The number of rotatable bonds is 11. The number of carbonyl (C=O) groups is 1. The first kappa shape index (κ1) is 31.5. The molecule has 5 heteroatoms. The summed E-state index contributed by atoms with van der Waals surface area (Å²) in [6.45, 7) is 16.2. The molecule has 0 amide bonds. The number of carbonyl (C=O) groups excluding carboxylic acids is 1. The van der Waals surface area contributed by atoms with Crippen LogP contribution < -0.4 is 0 Å². The third-order valence-electron chi connectivity index (χ3n) is 11.7. The molecule has 0 spiro atoms. The van der Waals surface area contributed by atoms with Crippen molar-refractivity contribution in [1.29, 1.82) is 0 Å². The predicted octanol–water partition coefficient (Wildman–Crippen LogP) is 8.78. The van der Waals surface area contributed by atoms with Crippen molar-refractivity contribution in [1.82, 2.24) is 0 Å². The Morgan fingerprint density at radius 1 is 1.00 bits per heavy atom. The van der Waals surface area contributed by atoms with Crippen LogP contribution in [0.4, 0.5) is 0 Å². The molecule has 3 aliphatic carbocycles. The molecule has 0 saturated heterocycles. The van der Waals surface area contributed by atoms with Gasteiger partial charge in [0, 0.05) is 11.8 Å². The van der Waals surface area contributed by atoms with E-state index in [-0.39, 0.29) is 16.9 Å². The molecule has 3 aliphatic rings. The van der Waals surface area contributed by atoms with Crippen molar-refractivity contribution in [2.45, 2.75) is 111 Å². The van der Waals surface area contributed by atoms with Gasteiger partial charge < -0.3 is 0 Å². The maximum atomic E-state index is 13.4. The molecule has 1 unspecified atom stereocenters. The van der Waals surface area contributed by atoms with E-state index >= 15 is 0 Å². The zero-order valence-corrected chi connectivity index (χ0v) is 26.9. The van der Waals surface area contributed by atoms with E-state index in [0.29, 0.717) is 71.9 Å². The van der Waals surface area contributed by atoms with Crippen LogP contribution in [0.3, 0.4) is 0 Å². The topological polar surface area (TPSA) is 60.4 Å². The second-order valence-electron chi connectivity index (χ2n) is 14.2. The maximum Gasteiger partial charge on any atom is 0.296 e. The van der Waals surface area contributed by atoms with Crippen molar-refractivity contribution >= 4 is 15.9 Å². The molecular weight excluding hydrogens is 516 g/mol. The summed E-state index contributed by atoms with van der Waals surface area (Å²) >= 11 is 0. The molecule has 0 heterocycles. The lowest BCUT2D eigenvalue weighted by atomic mass is 9.48. The number of hydrogen-bond acceptors (Lipinski definition) is 4. The van der Waals surface area contributed by atoms with Crippen molar-refractivity contribution in [3.05, 3.63) is 42.0 Å². The second-order valence-corrected chi connectivity index (χ2v) is 15.9. The van der Waals surface area contributed by atoms with Gasteiger partial charge in [-0.15, -0.1) is 0 Å². The van der Waals surface area contributed by atoms with Crippen LogP contribution in [0.5, 0.6) is 0 Å². The van der Waals surface area contributed by atoms with Crippen LogP contribution in [0.25, 0.3) is 0 Å². The minimum Gasteiger partial charge on any atom is -0.299 e. The molecule has 4 rings (SSSR count). The van der Waals surface area contributed by atoms with Crippen LogP contribution in [0.1, 0.15) is 105 Å². The highest BCUT2D eigenvalue weighted by Crippen LogP contribution is 2.65. The lowest BCUT2D eigenvalue weighted by Gasteiger charge is -2.56. The number of fused-ring (bicyclic) bond motifs is 3. The highest BCUT2D eigenvalue weighted by atomic mass is 32.2. The molecule has 224 valence electrons. The van der Waals surface area contributed by atoms with Gasteiger partial charge in [0.05, 0.1) is 11.5 Å². The molecule has 1 aromatic carbocycles. The third kappa shape index (κ3) is 6.16. The van der Waals surface area contributed by atoms with Gasteiger partial charge in [-0.2, -0.15) is 8.42 Å². The van der Waals surface area contributed by atoms with E-state index in [1.54, 1.807) is 24.3 Å². The highest BCUT2D eigenvalue weighted by molar-refractivity contribution is 7.86. The van der Waals surface area contributed by atoms with E-state index in [1.807, 2.05) is 6.92 Å². The van der Waals surface area contributed by atoms with Crippen LogP contribution in [0.2, 0.25) is 0 Å². The number of aryl methyl sites for hydroxylation is 1. The fourth-order valence-corrected chi connectivity index (χ4v) is 10.1. The molecule has 1 aromatic rings. The van der Waals surface area contributed by atoms with E-state index in [4.69, 9.17) is 4.18 Å². The van der Waals surface area contributed by atoms with E-state index in [1.165, 1.54) is 25.7 Å². The van der Waals surface area contributed by atoms with Gasteiger partial charge in [0.2, 0.25) is 0 Å². The largest absolute Gasteiger partial charge is 0.299 e. The summed E-state index contributed by atoms with van der Waals surface area (Å²) in [5.41, 5.74) is 0.976. The highest BCUT2D eigenvalue weighted by Gasteiger charge is 2.59. The van der Waals surface area contributed by atoms with Crippen molar-refractivity contribution in [3.8, 4) is 0 Å².